The van der Waals surface area contributed by atoms with E-state index in [-0.39, 0.29) is 6.10 Å². The van der Waals surface area contributed by atoms with E-state index >= 15 is 0 Å². The summed E-state index contributed by atoms with van der Waals surface area (Å²) in [7, 11) is 0. The number of hydrogen-bond acceptors (Lipinski definition) is 5. The van der Waals surface area contributed by atoms with Gasteiger partial charge in [0.15, 0.2) is 0 Å². The Morgan fingerprint density at radius 1 is 1.38 bits per heavy atom. The van der Waals surface area contributed by atoms with Crippen LogP contribution >= 0.6 is 0 Å². The zero-order valence-corrected chi connectivity index (χ0v) is 9.35. The van der Waals surface area contributed by atoms with Crippen LogP contribution in [0.25, 0.3) is 0 Å². The van der Waals surface area contributed by atoms with Gasteiger partial charge in [-0.1, -0.05) is 0 Å². The Morgan fingerprint density at radius 3 is 2.81 bits per heavy atom. The highest BCUT2D eigenvalue weighted by atomic mass is 16.6. The highest BCUT2D eigenvalue weighted by Crippen LogP contribution is 2.14. The number of ether oxygens (including phenoxy) is 2. The van der Waals surface area contributed by atoms with E-state index in [0.29, 0.717) is 12.6 Å². The lowest BCUT2D eigenvalue weighted by molar-refractivity contribution is -0.00730. The number of primary amides is 1. The van der Waals surface area contributed by atoms with Crippen molar-refractivity contribution in [1.82, 2.24) is 10.2 Å². The van der Waals surface area contributed by atoms with Crippen molar-refractivity contribution in [2.24, 2.45) is 5.73 Å². The van der Waals surface area contributed by atoms with Gasteiger partial charge in [0.2, 0.25) is 0 Å². The lowest BCUT2D eigenvalue weighted by atomic mass is 10.0. The van der Waals surface area contributed by atoms with E-state index in [0.717, 1.165) is 39.3 Å². The van der Waals surface area contributed by atoms with Crippen LogP contribution in [0, 0.1) is 0 Å². The van der Waals surface area contributed by atoms with Gasteiger partial charge in [0.1, 0.15) is 6.10 Å². The van der Waals surface area contributed by atoms with Gasteiger partial charge in [-0.15, -0.1) is 0 Å². The Balaban J connectivity index is 1.83. The lowest BCUT2D eigenvalue weighted by Gasteiger charge is -2.39. The second-order valence-electron chi connectivity index (χ2n) is 4.26. The summed E-state index contributed by atoms with van der Waals surface area (Å²) in [6.45, 7) is 5.13. The minimum atomic E-state index is -0.686. The molecule has 2 aliphatic rings. The topological polar surface area (TPSA) is 76.8 Å². The molecule has 0 spiro atoms. The third kappa shape index (κ3) is 3.07. The molecule has 0 aliphatic carbocycles. The molecule has 0 aromatic rings. The smallest absolute Gasteiger partial charge is 0.404 e. The number of morpholine rings is 1. The van der Waals surface area contributed by atoms with Crippen molar-refractivity contribution >= 4 is 6.09 Å². The molecule has 3 N–H and O–H groups in total. The summed E-state index contributed by atoms with van der Waals surface area (Å²) in [5, 5.41) is 3.27. The third-order valence-electron chi connectivity index (χ3n) is 3.13. The number of hydrogen-bond donors (Lipinski definition) is 2. The first kappa shape index (κ1) is 11.6. The van der Waals surface area contributed by atoms with E-state index in [2.05, 4.69) is 10.2 Å². The molecule has 0 radical (unpaired) electrons. The maximum absolute atomic E-state index is 10.7. The summed E-state index contributed by atoms with van der Waals surface area (Å²) in [4.78, 5) is 13.1. The molecule has 92 valence electrons. The van der Waals surface area contributed by atoms with Crippen LogP contribution in [-0.4, -0.2) is 62.5 Å². The minimum absolute atomic E-state index is 0.0981. The van der Waals surface area contributed by atoms with Gasteiger partial charge in [0.05, 0.1) is 13.2 Å². The van der Waals surface area contributed by atoms with Crippen LogP contribution in [0.1, 0.15) is 6.42 Å². The molecule has 2 fully saturated rings. The molecule has 6 heteroatoms. The zero-order chi connectivity index (χ0) is 11.4. The van der Waals surface area contributed by atoms with E-state index < -0.39 is 6.09 Å². The fraction of sp³-hybridized carbons (Fsp3) is 0.900. The predicted molar refractivity (Wildman–Crippen MR) is 58.1 cm³/mol. The Labute approximate surface area is 95.1 Å². The van der Waals surface area contributed by atoms with Crippen LogP contribution in [0.2, 0.25) is 0 Å². The molecule has 2 saturated heterocycles. The van der Waals surface area contributed by atoms with E-state index in [1.807, 2.05) is 0 Å². The summed E-state index contributed by atoms with van der Waals surface area (Å²) in [6.07, 6.45) is 0.0733. The van der Waals surface area contributed by atoms with Crippen LogP contribution in [0.3, 0.4) is 0 Å². The van der Waals surface area contributed by atoms with Crippen molar-refractivity contribution in [1.29, 1.82) is 0 Å². The van der Waals surface area contributed by atoms with Crippen molar-refractivity contribution in [3.8, 4) is 0 Å². The summed E-state index contributed by atoms with van der Waals surface area (Å²) in [5.74, 6) is 0. The molecule has 2 rings (SSSR count). The first-order valence-electron chi connectivity index (χ1n) is 5.74. The maximum Gasteiger partial charge on any atom is 0.404 e. The highest BCUT2D eigenvalue weighted by Gasteiger charge is 2.29. The molecule has 2 atom stereocenters. The molecule has 6 nitrogen and oxygen atoms in total. The summed E-state index contributed by atoms with van der Waals surface area (Å²) < 4.78 is 10.3. The largest absolute Gasteiger partial charge is 0.445 e. The van der Waals surface area contributed by atoms with Gasteiger partial charge in [-0.2, -0.15) is 0 Å². The van der Waals surface area contributed by atoms with Gasteiger partial charge in [-0.3, -0.25) is 4.90 Å². The average molecular weight is 229 g/mol. The van der Waals surface area contributed by atoms with Gasteiger partial charge in [0, 0.05) is 38.6 Å². The Bertz CT molecular complexity index is 243. The Morgan fingerprint density at radius 2 is 2.12 bits per heavy atom. The van der Waals surface area contributed by atoms with E-state index in [4.69, 9.17) is 15.2 Å². The van der Waals surface area contributed by atoms with Crippen LogP contribution in [-0.2, 0) is 9.47 Å². The molecule has 0 aromatic carbocycles. The fourth-order valence-corrected chi connectivity index (χ4v) is 2.36. The summed E-state index contributed by atoms with van der Waals surface area (Å²) in [6, 6.07) is 0.419. The second kappa shape index (κ2) is 5.47. The van der Waals surface area contributed by atoms with Gasteiger partial charge in [-0.05, 0) is 0 Å². The zero-order valence-electron chi connectivity index (χ0n) is 9.35. The van der Waals surface area contributed by atoms with Gasteiger partial charge in [-0.25, -0.2) is 4.79 Å². The molecular weight excluding hydrogens is 210 g/mol. The standard InChI is InChI=1S/C10H19N3O3/c11-10(14)16-9-5-8(6-12-7-9)13-1-3-15-4-2-13/h8-9,12H,1-7H2,(H2,11,14)/t8-,9-/m0/s1. The number of carbonyl (C=O) groups excluding carboxylic acids is 1. The summed E-state index contributed by atoms with van der Waals surface area (Å²) >= 11 is 0. The molecule has 0 saturated carbocycles. The number of rotatable bonds is 2. The normalized spacial score (nSPS) is 32.2. The molecule has 1 amide bonds. The number of nitrogens with two attached hydrogens (primary N) is 1. The first-order chi connectivity index (χ1) is 7.75. The van der Waals surface area contributed by atoms with Crippen LogP contribution < -0.4 is 11.1 Å². The number of carbonyl (C=O) groups is 1. The Hall–Kier alpha value is -0.850. The quantitative estimate of drug-likeness (QED) is 0.644. The number of amides is 1. The number of piperidine rings is 1. The molecule has 2 heterocycles. The molecule has 0 aromatic heterocycles. The SMILES string of the molecule is NC(=O)O[C@@H]1CNC[C@@H](N2CCOCC2)C1. The van der Waals surface area contributed by atoms with Gasteiger partial charge in [0.25, 0.3) is 0 Å². The van der Waals surface area contributed by atoms with Crippen molar-refractivity contribution in [2.45, 2.75) is 18.6 Å². The van der Waals surface area contributed by atoms with Gasteiger partial charge < -0.3 is 20.5 Å². The highest BCUT2D eigenvalue weighted by molar-refractivity contribution is 5.64. The molecule has 0 bridgehead atoms. The monoisotopic (exact) mass is 229 g/mol. The van der Waals surface area contributed by atoms with E-state index in [1.165, 1.54) is 0 Å². The van der Waals surface area contributed by atoms with Crippen molar-refractivity contribution < 1.29 is 14.3 Å². The first-order valence-corrected chi connectivity index (χ1v) is 5.74. The molecule has 16 heavy (non-hydrogen) atoms. The van der Waals surface area contributed by atoms with Crippen molar-refractivity contribution in [3.05, 3.63) is 0 Å². The maximum atomic E-state index is 10.7. The van der Waals surface area contributed by atoms with Crippen LogP contribution in [0.5, 0.6) is 0 Å². The fourth-order valence-electron chi connectivity index (χ4n) is 2.36. The average Bonchev–Trinajstić information content (AvgIpc) is 2.30. The lowest BCUT2D eigenvalue weighted by Crippen LogP contribution is -2.54. The molecule has 0 unspecified atom stereocenters. The van der Waals surface area contributed by atoms with Crippen molar-refractivity contribution in [3.63, 3.8) is 0 Å². The second-order valence-corrected chi connectivity index (χ2v) is 4.26. The number of nitrogens with zero attached hydrogens (tertiary/aromatic N) is 1. The Kier molecular flexibility index (Phi) is 3.98. The van der Waals surface area contributed by atoms with Gasteiger partial charge >= 0.3 is 6.09 Å². The number of nitrogens with one attached hydrogen (secondary N) is 1. The predicted octanol–water partition coefficient (Wildman–Crippen LogP) is -0.856. The van der Waals surface area contributed by atoms with Crippen molar-refractivity contribution in [2.75, 3.05) is 39.4 Å². The van der Waals surface area contributed by atoms with E-state index in [1.54, 1.807) is 0 Å². The molecule has 2 aliphatic heterocycles. The minimum Gasteiger partial charge on any atom is -0.445 e. The molecular formula is C10H19N3O3. The third-order valence-corrected chi connectivity index (χ3v) is 3.13. The van der Waals surface area contributed by atoms with E-state index in [9.17, 15) is 4.79 Å². The van der Waals surface area contributed by atoms with Crippen LogP contribution in [0.15, 0.2) is 0 Å². The van der Waals surface area contributed by atoms with Crippen LogP contribution in [0.4, 0.5) is 4.79 Å². The summed E-state index contributed by atoms with van der Waals surface area (Å²) in [5.41, 5.74) is 5.02.